The van der Waals surface area contributed by atoms with Crippen LogP contribution < -0.4 is 14.8 Å². The lowest BCUT2D eigenvalue weighted by Crippen LogP contribution is -2.25. The lowest BCUT2D eigenvalue weighted by molar-refractivity contribution is 0.210. The van der Waals surface area contributed by atoms with E-state index in [1.165, 1.54) is 11.1 Å². The van der Waals surface area contributed by atoms with Gasteiger partial charge in [0.2, 0.25) is 0 Å². The monoisotopic (exact) mass is 361 g/mol. The minimum absolute atomic E-state index is 0.127. The third-order valence-electron chi connectivity index (χ3n) is 4.42. The standard InChI is InChI=1S/C24H27NO2/c1-3-22(27-24-13-9-19(2)10-14-24)17-25-21-11-15-23(16-12-21)26-18-20-7-5-4-6-8-20/h4-16,22,25H,3,17-18H2,1-2H3. The van der Waals surface area contributed by atoms with E-state index in [2.05, 4.69) is 43.4 Å². The predicted octanol–water partition coefficient (Wildman–Crippen LogP) is 5.84. The second-order valence-corrected chi connectivity index (χ2v) is 6.64. The van der Waals surface area contributed by atoms with Crippen LogP contribution in [0.2, 0.25) is 0 Å². The van der Waals surface area contributed by atoms with E-state index >= 15 is 0 Å². The van der Waals surface area contributed by atoms with Crippen molar-refractivity contribution in [1.82, 2.24) is 0 Å². The Labute approximate surface area is 162 Å². The summed E-state index contributed by atoms with van der Waals surface area (Å²) >= 11 is 0. The van der Waals surface area contributed by atoms with Crippen molar-refractivity contribution in [2.75, 3.05) is 11.9 Å². The highest BCUT2D eigenvalue weighted by Gasteiger charge is 2.08. The number of nitrogens with one attached hydrogen (secondary N) is 1. The summed E-state index contributed by atoms with van der Waals surface area (Å²) in [4.78, 5) is 0. The molecule has 0 aromatic heterocycles. The molecule has 0 aliphatic carbocycles. The maximum atomic E-state index is 6.06. The minimum Gasteiger partial charge on any atom is -0.489 e. The Balaban J connectivity index is 1.47. The molecule has 0 saturated heterocycles. The van der Waals surface area contributed by atoms with Crippen molar-refractivity contribution >= 4 is 5.69 Å². The molecule has 0 saturated carbocycles. The van der Waals surface area contributed by atoms with Gasteiger partial charge in [0.05, 0.1) is 6.54 Å². The van der Waals surface area contributed by atoms with Gasteiger partial charge in [0, 0.05) is 5.69 Å². The van der Waals surface area contributed by atoms with E-state index in [1.807, 2.05) is 54.6 Å². The lowest BCUT2D eigenvalue weighted by Gasteiger charge is -2.19. The second-order valence-electron chi connectivity index (χ2n) is 6.64. The molecule has 0 heterocycles. The van der Waals surface area contributed by atoms with Crippen molar-refractivity contribution in [3.63, 3.8) is 0 Å². The fraction of sp³-hybridized carbons (Fsp3) is 0.250. The van der Waals surface area contributed by atoms with Crippen molar-refractivity contribution in [2.24, 2.45) is 0 Å². The van der Waals surface area contributed by atoms with E-state index < -0.39 is 0 Å². The molecule has 3 rings (SSSR count). The van der Waals surface area contributed by atoms with Crippen LogP contribution >= 0.6 is 0 Å². The summed E-state index contributed by atoms with van der Waals surface area (Å²) < 4.78 is 11.9. The molecule has 3 heteroatoms. The van der Waals surface area contributed by atoms with Crippen molar-refractivity contribution in [2.45, 2.75) is 33.0 Å². The van der Waals surface area contributed by atoms with Gasteiger partial charge in [0.15, 0.2) is 0 Å². The maximum Gasteiger partial charge on any atom is 0.119 e. The van der Waals surface area contributed by atoms with Gasteiger partial charge in [0.25, 0.3) is 0 Å². The third kappa shape index (κ3) is 6.07. The number of benzene rings is 3. The molecule has 0 bridgehead atoms. The number of aryl methyl sites for hydroxylation is 1. The van der Waals surface area contributed by atoms with Crippen LogP contribution in [-0.2, 0) is 6.61 Å². The van der Waals surface area contributed by atoms with E-state index in [0.29, 0.717) is 6.61 Å². The van der Waals surface area contributed by atoms with Crippen LogP contribution in [0.4, 0.5) is 5.69 Å². The van der Waals surface area contributed by atoms with E-state index in [0.717, 1.165) is 30.2 Å². The highest BCUT2D eigenvalue weighted by molar-refractivity contribution is 5.46. The molecule has 27 heavy (non-hydrogen) atoms. The zero-order chi connectivity index (χ0) is 18.9. The average molecular weight is 361 g/mol. The summed E-state index contributed by atoms with van der Waals surface area (Å²) in [6, 6.07) is 26.4. The Morgan fingerprint density at radius 1 is 0.815 bits per heavy atom. The fourth-order valence-corrected chi connectivity index (χ4v) is 2.72. The van der Waals surface area contributed by atoms with E-state index in [4.69, 9.17) is 9.47 Å². The molecule has 0 amide bonds. The number of ether oxygens (including phenoxy) is 2. The van der Waals surface area contributed by atoms with Crippen LogP contribution in [0.3, 0.4) is 0 Å². The normalized spacial score (nSPS) is 11.6. The highest BCUT2D eigenvalue weighted by atomic mass is 16.5. The lowest BCUT2D eigenvalue weighted by atomic mass is 10.2. The molecule has 3 aromatic rings. The molecule has 0 aliphatic rings. The molecule has 1 N–H and O–H groups in total. The number of hydrogen-bond acceptors (Lipinski definition) is 3. The van der Waals surface area contributed by atoms with Crippen molar-refractivity contribution < 1.29 is 9.47 Å². The maximum absolute atomic E-state index is 6.06. The largest absolute Gasteiger partial charge is 0.489 e. The Morgan fingerprint density at radius 3 is 2.15 bits per heavy atom. The number of hydrogen-bond donors (Lipinski definition) is 1. The predicted molar refractivity (Wildman–Crippen MR) is 112 cm³/mol. The van der Waals surface area contributed by atoms with Gasteiger partial charge < -0.3 is 14.8 Å². The van der Waals surface area contributed by atoms with Crippen molar-refractivity contribution in [1.29, 1.82) is 0 Å². The zero-order valence-corrected chi connectivity index (χ0v) is 16.0. The van der Waals surface area contributed by atoms with E-state index in [1.54, 1.807) is 0 Å². The third-order valence-corrected chi connectivity index (χ3v) is 4.42. The molecule has 0 spiro atoms. The summed E-state index contributed by atoms with van der Waals surface area (Å²) in [5.41, 5.74) is 3.47. The van der Waals surface area contributed by atoms with Gasteiger partial charge in [-0.2, -0.15) is 0 Å². The van der Waals surface area contributed by atoms with Crippen LogP contribution in [0, 0.1) is 6.92 Å². The Morgan fingerprint density at radius 2 is 1.48 bits per heavy atom. The number of rotatable bonds is 9. The molecule has 3 nitrogen and oxygen atoms in total. The molecule has 0 fully saturated rings. The van der Waals surface area contributed by atoms with Gasteiger partial charge in [-0.3, -0.25) is 0 Å². The molecule has 140 valence electrons. The van der Waals surface area contributed by atoms with Crippen molar-refractivity contribution in [3.05, 3.63) is 90.0 Å². The molecule has 1 unspecified atom stereocenters. The van der Waals surface area contributed by atoms with E-state index in [9.17, 15) is 0 Å². The first-order valence-corrected chi connectivity index (χ1v) is 9.47. The van der Waals surface area contributed by atoms with Gasteiger partial charge >= 0.3 is 0 Å². The topological polar surface area (TPSA) is 30.5 Å². The van der Waals surface area contributed by atoms with Gasteiger partial charge in [-0.15, -0.1) is 0 Å². The van der Waals surface area contributed by atoms with Crippen LogP contribution in [0.5, 0.6) is 11.5 Å². The molecule has 1 atom stereocenters. The first kappa shape index (κ1) is 18.8. The Kier molecular flexibility index (Phi) is 6.75. The molecule has 0 radical (unpaired) electrons. The quantitative estimate of drug-likeness (QED) is 0.519. The summed E-state index contributed by atoms with van der Waals surface area (Å²) in [5, 5.41) is 3.45. The first-order valence-electron chi connectivity index (χ1n) is 9.47. The highest BCUT2D eigenvalue weighted by Crippen LogP contribution is 2.18. The molecular weight excluding hydrogens is 334 g/mol. The summed E-state index contributed by atoms with van der Waals surface area (Å²) in [6.07, 6.45) is 1.07. The first-order chi connectivity index (χ1) is 13.2. The van der Waals surface area contributed by atoms with Crippen LogP contribution in [0.1, 0.15) is 24.5 Å². The van der Waals surface area contributed by atoms with Crippen LogP contribution in [0.25, 0.3) is 0 Å². The van der Waals surface area contributed by atoms with Crippen molar-refractivity contribution in [3.8, 4) is 11.5 Å². The zero-order valence-electron chi connectivity index (χ0n) is 16.0. The van der Waals surface area contributed by atoms with Gasteiger partial charge in [0.1, 0.15) is 24.2 Å². The summed E-state index contributed by atoms with van der Waals surface area (Å²) in [5.74, 6) is 1.78. The number of anilines is 1. The smallest absolute Gasteiger partial charge is 0.119 e. The molecule has 0 aliphatic heterocycles. The van der Waals surface area contributed by atoms with Crippen LogP contribution in [-0.4, -0.2) is 12.6 Å². The van der Waals surface area contributed by atoms with Gasteiger partial charge in [-0.1, -0.05) is 55.0 Å². The SMILES string of the molecule is CCC(CNc1ccc(OCc2ccccc2)cc1)Oc1ccc(C)cc1. The van der Waals surface area contributed by atoms with Crippen LogP contribution in [0.15, 0.2) is 78.9 Å². The average Bonchev–Trinajstić information content (AvgIpc) is 2.72. The molecule has 3 aromatic carbocycles. The fourth-order valence-electron chi connectivity index (χ4n) is 2.72. The summed E-state index contributed by atoms with van der Waals surface area (Å²) in [7, 11) is 0. The summed E-state index contributed by atoms with van der Waals surface area (Å²) in [6.45, 7) is 5.56. The van der Waals surface area contributed by atoms with Gasteiger partial charge in [-0.05, 0) is 55.3 Å². The Hall–Kier alpha value is -2.94. The second kappa shape index (κ2) is 9.67. The minimum atomic E-state index is 0.127. The van der Waals surface area contributed by atoms with Gasteiger partial charge in [-0.25, -0.2) is 0 Å². The van der Waals surface area contributed by atoms with E-state index in [-0.39, 0.29) is 6.10 Å². The molecular formula is C24H27NO2. The Bertz CT molecular complexity index is 798.